The van der Waals surface area contributed by atoms with Crippen molar-refractivity contribution in [2.75, 3.05) is 31.1 Å². The number of carboxylic acid groups (broad SMARTS) is 1. The summed E-state index contributed by atoms with van der Waals surface area (Å²) in [4.78, 5) is 24.1. The van der Waals surface area contributed by atoms with Gasteiger partial charge in [-0.05, 0) is 37.6 Å². The van der Waals surface area contributed by atoms with E-state index in [2.05, 4.69) is 66.5 Å². The molecule has 0 radical (unpaired) electrons. The van der Waals surface area contributed by atoms with Gasteiger partial charge in [0.05, 0.1) is 5.69 Å². The fourth-order valence-corrected chi connectivity index (χ4v) is 3.78. The number of nitrogens with one attached hydrogen (secondary N) is 1. The van der Waals surface area contributed by atoms with Gasteiger partial charge in [-0.2, -0.15) is 0 Å². The van der Waals surface area contributed by atoms with Crippen molar-refractivity contribution in [3.05, 3.63) is 53.6 Å². The zero-order valence-electron chi connectivity index (χ0n) is 16.0. The number of carbonyl (C=O) groups excluding carboxylic acids is 1. The van der Waals surface area contributed by atoms with Crippen LogP contribution in [-0.4, -0.2) is 43.0 Å². The summed E-state index contributed by atoms with van der Waals surface area (Å²) in [6, 6.07) is 15.5. The molecule has 144 valence electrons. The first-order valence-corrected chi connectivity index (χ1v) is 9.74. The fourth-order valence-electron chi connectivity index (χ4n) is 2.74. The fraction of sp³-hybridized carbons (Fsp3) is 0.333. The van der Waals surface area contributed by atoms with Crippen LogP contribution in [0.5, 0.6) is 0 Å². The molecule has 0 amide bonds. The Balaban J connectivity index is 0.000000380. The second kappa shape index (κ2) is 10.1. The van der Waals surface area contributed by atoms with Crippen LogP contribution in [0.15, 0.2) is 52.3 Å². The van der Waals surface area contributed by atoms with Crippen LogP contribution in [0.25, 0.3) is 0 Å². The number of aryl methyl sites for hydroxylation is 2. The Morgan fingerprint density at radius 1 is 1.04 bits per heavy atom. The van der Waals surface area contributed by atoms with E-state index in [1.165, 1.54) is 26.6 Å². The lowest BCUT2D eigenvalue weighted by Crippen LogP contribution is -2.43. The van der Waals surface area contributed by atoms with Gasteiger partial charge in [0.15, 0.2) is 0 Å². The topological polar surface area (TPSA) is 69.6 Å². The lowest BCUT2D eigenvalue weighted by Gasteiger charge is -2.31. The first-order valence-electron chi connectivity index (χ1n) is 8.92. The van der Waals surface area contributed by atoms with E-state index in [4.69, 9.17) is 5.11 Å². The summed E-state index contributed by atoms with van der Waals surface area (Å²) in [5.41, 5.74) is 4.05. The van der Waals surface area contributed by atoms with E-state index in [0.29, 0.717) is 0 Å². The zero-order chi connectivity index (χ0) is 19.8. The number of Topliss-reactive ketones (excluding diaryl/α,β-unsaturated/α-hetero) is 1. The van der Waals surface area contributed by atoms with Crippen molar-refractivity contribution in [3.8, 4) is 0 Å². The maximum Gasteiger partial charge on any atom is 0.371 e. The van der Waals surface area contributed by atoms with E-state index >= 15 is 0 Å². The molecular weight excluding hydrogens is 360 g/mol. The molecule has 2 N–H and O–H groups in total. The van der Waals surface area contributed by atoms with Crippen molar-refractivity contribution in [3.63, 3.8) is 0 Å². The van der Waals surface area contributed by atoms with Crippen molar-refractivity contribution in [2.24, 2.45) is 0 Å². The quantitative estimate of drug-likeness (QED) is 0.784. The highest BCUT2D eigenvalue weighted by atomic mass is 32.2. The smallest absolute Gasteiger partial charge is 0.371 e. The van der Waals surface area contributed by atoms with Crippen molar-refractivity contribution in [1.29, 1.82) is 0 Å². The predicted octanol–water partition coefficient (Wildman–Crippen LogP) is 3.52. The van der Waals surface area contributed by atoms with Gasteiger partial charge < -0.3 is 15.3 Å². The normalized spacial score (nSPS) is 13.5. The van der Waals surface area contributed by atoms with Gasteiger partial charge in [0.25, 0.3) is 0 Å². The largest absolute Gasteiger partial charge is 0.476 e. The SMILES string of the molecule is CC(=O)C(=O)O.Cc1ccc(Sc2ccccc2N2CCNCC2)c(C)c1. The Morgan fingerprint density at radius 2 is 1.67 bits per heavy atom. The summed E-state index contributed by atoms with van der Waals surface area (Å²) in [5.74, 6) is -2.20. The molecule has 1 aliphatic heterocycles. The lowest BCUT2D eigenvalue weighted by atomic mass is 10.2. The maximum absolute atomic E-state index is 9.54. The summed E-state index contributed by atoms with van der Waals surface area (Å²) in [6.45, 7) is 9.67. The number of benzene rings is 2. The van der Waals surface area contributed by atoms with Gasteiger partial charge in [-0.1, -0.05) is 41.6 Å². The maximum atomic E-state index is 9.54. The summed E-state index contributed by atoms with van der Waals surface area (Å²) in [7, 11) is 0. The Labute approximate surface area is 164 Å². The molecule has 1 saturated heterocycles. The Bertz CT molecular complexity index is 790. The molecule has 27 heavy (non-hydrogen) atoms. The van der Waals surface area contributed by atoms with Crippen LogP contribution in [0.4, 0.5) is 5.69 Å². The molecule has 1 aliphatic rings. The van der Waals surface area contributed by atoms with Crippen molar-refractivity contribution >= 4 is 29.2 Å². The molecule has 0 bridgehead atoms. The monoisotopic (exact) mass is 386 g/mol. The van der Waals surface area contributed by atoms with Gasteiger partial charge in [0, 0.05) is 42.9 Å². The lowest BCUT2D eigenvalue weighted by molar-refractivity contribution is -0.148. The van der Waals surface area contributed by atoms with Crippen LogP contribution in [0.1, 0.15) is 18.1 Å². The Hall–Kier alpha value is -2.31. The first-order chi connectivity index (χ1) is 12.9. The van der Waals surface area contributed by atoms with Gasteiger partial charge in [-0.15, -0.1) is 0 Å². The highest BCUT2D eigenvalue weighted by molar-refractivity contribution is 7.99. The number of ketones is 1. The summed E-state index contributed by atoms with van der Waals surface area (Å²) < 4.78 is 0. The number of aliphatic carboxylic acids is 1. The summed E-state index contributed by atoms with van der Waals surface area (Å²) in [6.07, 6.45) is 0. The van der Waals surface area contributed by atoms with Crippen LogP contribution in [0.2, 0.25) is 0 Å². The highest BCUT2D eigenvalue weighted by Crippen LogP contribution is 2.37. The molecule has 2 aromatic rings. The van der Waals surface area contributed by atoms with Gasteiger partial charge in [0.2, 0.25) is 5.78 Å². The third-order valence-electron chi connectivity index (χ3n) is 4.17. The van der Waals surface area contributed by atoms with E-state index in [1.807, 2.05) is 11.8 Å². The average Bonchev–Trinajstić information content (AvgIpc) is 2.65. The third kappa shape index (κ3) is 6.41. The number of carboxylic acids is 1. The molecule has 2 aromatic carbocycles. The number of para-hydroxylation sites is 1. The number of hydrogen-bond donors (Lipinski definition) is 2. The minimum atomic E-state index is -1.38. The van der Waals surface area contributed by atoms with Gasteiger partial charge in [-0.25, -0.2) is 4.79 Å². The van der Waals surface area contributed by atoms with E-state index in [9.17, 15) is 9.59 Å². The summed E-state index contributed by atoms with van der Waals surface area (Å²) >= 11 is 1.88. The number of hydrogen-bond acceptors (Lipinski definition) is 5. The van der Waals surface area contributed by atoms with E-state index in [0.717, 1.165) is 33.1 Å². The second-order valence-corrected chi connectivity index (χ2v) is 7.52. The molecule has 0 spiro atoms. The molecule has 3 rings (SSSR count). The highest BCUT2D eigenvalue weighted by Gasteiger charge is 2.14. The van der Waals surface area contributed by atoms with Crippen LogP contribution < -0.4 is 10.2 Å². The number of piperazine rings is 1. The van der Waals surface area contributed by atoms with Crippen molar-refractivity contribution in [1.82, 2.24) is 5.32 Å². The van der Waals surface area contributed by atoms with E-state index in [1.54, 1.807) is 0 Å². The molecule has 5 nitrogen and oxygen atoms in total. The minimum absolute atomic E-state index is 0.824. The molecule has 6 heteroatoms. The number of nitrogens with zero attached hydrogens (tertiary/aromatic N) is 1. The number of rotatable bonds is 4. The van der Waals surface area contributed by atoms with Crippen molar-refractivity contribution < 1.29 is 14.7 Å². The van der Waals surface area contributed by atoms with Crippen molar-refractivity contribution in [2.45, 2.75) is 30.6 Å². The van der Waals surface area contributed by atoms with Gasteiger partial charge >= 0.3 is 5.97 Å². The zero-order valence-corrected chi connectivity index (χ0v) is 16.8. The molecular formula is C21H26N2O3S. The molecule has 0 saturated carbocycles. The number of anilines is 1. The van der Waals surface area contributed by atoms with Crippen LogP contribution in [0.3, 0.4) is 0 Å². The molecule has 1 fully saturated rings. The van der Waals surface area contributed by atoms with Crippen LogP contribution >= 0.6 is 11.8 Å². The minimum Gasteiger partial charge on any atom is -0.476 e. The molecule has 0 unspecified atom stereocenters. The predicted molar refractivity (Wildman–Crippen MR) is 110 cm³/mol. The van der Waals surface area contributed by atoms with Crippen LogP contribution in [0, 0.1) is 13.8 Å². The van der Waals surface area contributed by atoms with Crippen LogP contribution in [-0.2, 0) is 9.59 Å². The van der Waals surface area contributed by atoms with E-state index < -0.39 is 11.8 Å². The van der Waals surface area contributed by atoms with E-state index in [-0.39, 0.29) is 0 Å². The van der Waals surface area contributed by atoms with Gasteiger partial charge in [0.1, 0.15) is 0 Å². The average molecular weight is 387 g/mol. The molecule has 0 atom stereocenters. The molecule has 0 aromatic heterocycles. The standard InChI is InChI=1S/C18H22N2S.C3H4O3/c1-14-7-8-17(15(2)13-14)21-18-6-4-3-5-16(18)20-11-9-19-10-12-20;1-2(4)3(5)6/h3-8,13,19H,9-12H2,1-2H3;1H3,(H,5,6). The third-order valence-corrected chi connectivity index (χ3v) is 5.42. The Kier molecular flexibility index (Phi) is 7.88. The summed E-state index contributed by atoms with van der Waals surface area (Å²) in [5, 5.41) is 11.1. The molecule has 0 aliphatic carbocycles. The van der Waals surface area contributed by atoms with Gasteiger partial charge in [-0.3, -0.25) is 4.79 Å². The molecule has 1 heterocycles. The first kappa shape index (κ1) is 21.0. The number of carbonyl (C=O) groups is 2. The Morgan fingerprint density at radius 3 is 2.26 bits per heavy atom. The second-order valence-electron chi connectivity index (χ2n) is 6.44.